The summed E-state index contributed by atoms with van der Waals surface area (Å²) in [6.45, 7) is 5.06. The van der Waals surface area contributed by atoms with Crippen LogP contribution in [0.2, 0.25) is 0 Å². The lowest BCUT2D eigenvalue weighted by Gasteiger charge is -2.32. The summed E-state index contributed by atoms with van der Waals surface area (Å²) in [6.07, 6.45) is 4.36. The van der Waals surface area contributed by atoms with Crippen LogP contribution in [0.5, 0.6) is 0 Å². The number of hydrogen-bond donors (Lipinski definition) is 1. The van der Waals surface area contributed by atoms with E-state index in [-0.39, 0.29) is 0 Å². The van der Waals surface area contributed by atoms with E-state index >= 15 is 0 Å². The molecule has 102 valence electrons. The second kappa shape index (κ2) is 6.36. The summed E-state index contributed by atoms with van der Waals surface area (Å²) in [4.78, 5) is 4.77. The van der Waals surface area contributed by atoms with Gasteiger partial charge in [-0.05, 0) is 52.0 Å². The fourth-order valence-corrected chi connectivity index (χ4v) is 2.68. The topological polar surface area (TPSA) is 45.6 Å². The Hall–Kier alpha value is -0.840. The van der Waals surface area contributed by atoms with Crippen molar-refractivity contribution in [3.05, 3.63) is 23.7 Å². The average Bonchev–Trinajstić information content (AvgIpc) is 2.79. The van der Waals surface area contributed by atoms with Crippen molar-refractivity contribution in [1.82, 2.24) is 9.80 Å². The molecular formula is C14H25N3O. The minimum absolute atomic E-state index is 0.564. The van der Waals surface area contributed by atoms with Gasteiger partial charge in [-0.3, -0.25) is 4.90 Å². The zero-order chi connectivity index (χ0) is 13.0. The van der Waals surface area contributed by atoms with Crippen LogP contribution in [0, 0.1) is 5.92 Å². The van der Waals surface area contributed by atoms with Crippen molar-refractivity contribution in [3.8, 4) is 0 Å². The molecular weight excluding hydrogens is 226 g/mol. The summed E-state index contributed by atoms with van der Waals surface area (Å²) in [5, 5.41) is 0. The summed E-state index contributed by atoms with van der Waals surface area (Å²) >= 11 is 0. The first-order chi connectivity index (χ1) is 8.67. The summed E-state index contributed by atoms with van der Waals surface area (Å²) in [7, 11) is 4.31. The summed E-state index contributed by atoms with van der Waals surface area (Å²) in [5.74, 6) is 1.90. The maximum Gasteiger partial charge on any atom is 0.118 e. The van der Waals surface area contributed by atoms with E-state index in [1.165, 1.54) is 32.5 Å². The third-order valence-electron chi connectivity index (χ3n) is 3.65. The lowest BCUT2D eigenvalue weighted by atomic mass is 9.96. The number of rotatable bonds is 5. The van der Waals surface area contributed by atoms with Crippen LogP contribution in [-0.4, -0.2) is 43.5 Å². The second-order valence-corrected chi connectivity index (χ2v) is 5.61. The number of piperidine rings is 1. The van der Waals surface area contributed by atoms with Gasteiger partial charge in [-0.25, -0.2) is 0 Å². The Bertz CT molecular complexity index is 354. The minimum atomic E-state index is 0.564. The Morgan fingerprint density at radius 2 is 2.11 bits per heavy atom. The Balaban J connectivity index is 1.76. The van der Waals surface area contributed by atoms with Crippen LogP contribution < -0.4 is 5.73 Å². The first kappa shape index (κ1) is 13.6. The van der Waals surface area contributed by atoms with E-state index < -0.39 is 0 Å². The maximum atomic E-state index is 5.58. The van der Waals surface area contributed by atoms with E-state index in [2.05, 4.69) is 30.0 Å². The number of likely N-dealkylation sites (tertiary alicyclic amines) is 1. The predicted molar refractivity (Wildman–Crippen MR) is 73.2 cm³/mol. The van der Waals surface area contributed by atoms with Crippen LogP contribution in [0.15, 0.2) is 16.7 Å². The fourth-order valence-electron chi connectivity index (χ4n) is 2.68. The Labute approximate surface area is 110 Å². The number of nitrogens with two attached hydrogens (primary N) is 1. The molecule has 0 aromatic carbocycles. The SMILES string of the molecule is CN(C)CC1CCN(Cc2cc(CN)co2)CC1. The van der Waals surface area contributed by atoms with Crippen molar-refractivity contribution < 1.29 is 4.42 Å². The Morgan fingerprint density at radius 3 is 2.67 bits per heavy atom. The molecule has 2 N–H and O–H groups in total. The van der Waals surface area contributed by atoms with Crippen LogP contribution >= 0.6 is 0 Å². The molecule has 0 radical (unpaired) electrons. The third-order valence-corrected chi connectivity index (χ3v) is 3.65. The van der Waals surface area contributed by atoms with Gasteiger partial charge < -0.3 is 15.1 Å². The lowest BCUT2D eigenvalue weighted by Crippen LogP contribution is -2.36. The number of hydrogen-bond acceptors (Lipinski definition) is 4. The van der Waals surface area contributed by atoms with Gasteiger partial charge in [-0.15, -0.1) is 0 Å². The van der Waals surface area contributed by atoms with Crippen LogP contribution in [0.1, 0.15) is 24.2 Å². The van der Waals surface area contributed by atoms with Crippen LogP contribution in [-0.2, 0) is 13.1 Å². The van der Waals surface area contributed by atoms with Gasteiger partial charge in [0.15, 0.2) is 0 Å². The maximum absolute atomic E-state index is 5.58. The molecule has 4 nitrogen and oxygen atoms in total. The van der Waals surface area contributed by atoms with Gasteiger partial charge in [0.25, 0.3) is 0 Å². The molecule has 0 unspecified atom stereocenters. The summed E-state index contributed by atoms with van der Waals surface area (Å²) < 4.78 is 5.52. The van der Waals surface area contributed by atoms with Gasteiger partial charge in [0.05, 0.1) is 12.8 Å². The van der Waals surface area contributed by atoms with Gasteiger partial charge in [0.1, 0.15) is 5.76 Å². The van der Waals surface area contributed by atoms with E-state index in [0.717, 1.165) is 23.8 Å². The largest absolute Gasteiger partial charge is 0.468 e. The van der Waals surface area contributed by atoms with Crippen molar-refractivity contribution in [2.24, 2.45) is 11.7 Å². The molecule has 2 heterocycles. The molecule has 1 aliphatic heterocycles. The molecule has 1 aromatic rings. The zero-order valence-corrected chi connectivity index (χ0v) is 11.6. The summed E-state index contributed by atoms with van der Waals surface area (Å²) in [5.41, 5.74) is 6.67. The Morgan fingerprint density at radius 1 is 1.39 bits per heavy atom. The van der Waals surface area contributed by atoms with Gasteiger partial charge in [0, 0.05) is 18.7 Å². The molecule has 1 aliphatic rings. The Kier molecular flexibility index (Phi) is 4.80. The van der Waals surface area contributed by atoms with Crippen molar-refractivity contribution in [1.29, 1.82) is 0 Å². The second-order valence-electron chi connectivity index (χ2n) is 5.61. The molecule has 1 aromatic heterocycles. The van der Waals surface area contributed by atoms with Gasteiger partial charge in [0.2, 0.25) is 0 Å². The van der Waals surface area contributed by atoms with Crippen LogP contribution in [0.25, 0.3) is 0 Å². The molecule has 0 amide bonds. The van der Waals surface area contributed by atoms with Gasteiger partial charge in [-0.2, -0.15) is 0 Å². The molecule has 0 saturated carbocycles. The van der Waals surface area contributed by atoms with E-state index in [9.17, 15) is 0 Å². The smallest absolute Gasteiger partial charge is 0.118 e. The van der Waals surface area contributed by atoms with Crippen molar-refractivity contribution in [2.75, 3.05) is 33.7 Å². The van der Waals surface area contributed by atoms with Crippen LogP contribution in [0.3, 0.4) is 0 Å². The molecule has 0 spiro atoms. The molecule has 1 saturated heterocycles. The van der Waals surface area contributed by atoms with Crippen molar-refractivity contribution in [2.45, 2.75) is 25.9 Å². The highest BCUT2D eigenvalue weighted by atomic mass is 16.3. The molecule has 0 atom stereocenters. The summed E-state index contributed by atoms with van der Waals surface area (Å²) in [6, 6.07) is 2.08. The first-order valence-corrected chi connectivity index (χ1v) is 6.81. The molecule has 1 fully saturated rings. The average molecular weight is 251 g/mol. The standard InChI is InChI=1S/C14H25N3O/c1-16(2)9-12-3-5-17(6-4-12)10-14-7-13(8-15)11-18-14/h7,11-12H,3-6,8-10,15H2,1-2H3. The van der Waals surface area contributed by atoms with E-state index in [0.29, 0.717) is 6.54 Å². The van der Waals surface area contributed by atoms with E-state index in [4.69, 9.17) is 10.2 Å². The molecule has 18 heavy (non-hydrogen) atoms. The lowest BCUT2D eigenvalue weighted by molar-refractivity contribution is 0.149. The van der Waals surface area contributed by atoms with Crippen molar-refractivity contribution >= 4 is 0 Å². The van der Waals surface area contributed by atoms with Crippen molar-refractivity contribution in [3.63, 3.8) is 0 Å². The molecule has 0 bridgehead atoms. The number of nitrogens with zero attached hydrogens (tertiary/aromatic N) is 2. The molecule has 2 rings (SSSR count). The monoisotopic (exact) mass is 251 g/mol. The normalized spacial score (nSPS) is 18.7. The zero-order valence-electron chi connectivity index (χ0n) is 11.6. The highest BCUT2D eigenvalue weighted by molar-refractivity contribution is 5.12. The predicted octanol–water partition coefficient (Wildman–Crippen LogP) is 1.51. The minimum Gasteiger partial charge on any atom is -0.468 e. The van der Waals surface area contributed by atoms with E-state index in [1.54, 1.807) is 6.26 Å². The first-order valence-electron chi connectivity index (χ1n) is 6.81. The fraction of sp³-hybridized carbons (Fsp3) is 0.714. The molecule has 0 aliphatic carbocycles. The number of furan rings is 1. The highest BCUT2D eigenvalue weighted by Crippen LogP contribution is 2.20. The molecule has 4 heteroatoms. The van der Waals surface area contributed by atoms with Gasteiger partial charge in [-0.1, -0.05) is 0 Å². The third kappa shape index (κ3) is 3.83. The highest BCUT2D eigenvalue weighted by Gasteiger charge is 2.20. The van der Waals surface area contributed by atoms with Crippen LogP contribution in [0.4, 0.5) is 0 Å². The van der Waals surface area contributed by atoms with E-state index in [1.807, 2.05) is 0 Å². The quantitative estimate of drug-likeness (QED) is 0.861. The van der Waals surface area contributed by atoms with Gasteiger partial charge >= 0.3 is 0 Å².